The lowest BCUT2D eigenvalue weighted by molar-refractivity contribution is -0.130. The van der Waals surface area contributed by atoms with Crippen LogP contribution in [0, 0.1) is 11.8 Å². The number of nitrogens with one attached hydrogen (secondary N) is 4. The van der Waals surface area contributed by atoms with Crippen molar-refractivity contribution in [2.24, 2.45) is 11.8 Å². The van der Waals surface area contributed by atoms with E-state index in [1.165, 1.54) is 0 Å². The Balaban J connectivity index is 1.09. The van der Waals surface area contributed by atoms with Gasteiger partial charge in [-0.3, -0.25) is 9.59 Å². The topological polar surface area (TPSA) is 176 Å². The van der Waals surface area contributed by atoms with Crippen molar-refractivity contribution in [3.05, 3.63) is 72.4 Å². The van der Waals surface area contributed by atoms with Gasteiger partial charge in [0.25, 0.3) is 0 Å². The molecule has 1 saturated carbocycles. The number of aromatic amines is 1. The van der Waals surface area contributed by atoms with Crippen LogP contribution >= 0.6 is 0 Å². The maximum absolute atomic E-state index is 13.8. The van der Waals surface area contributed by atoms with E-state index in [0.717, 1.165) is 54.0 Å². The predicted molar refractivity (Wildman–Crippen MR) is 205 cm³/mol. The van der Waals surface area contributed by atoms with Crippen LogP contribution in [0.4, 0.5) is 16.3 Å². The average Bonchev–Trinajstić information content (AvgIpc) is 3.69. The molecule has 3 heterocycles. The zero-order valence-electron chi connectivity index (χ0n) is 31.7. The second-order valence-corrected chi connectivity index (χ2v) is 15.4. The van der Waals surface area contributed by atoms with E-state index in [9.17, 15) is 14.4 Å². The molecule has 4 aromatic rings. The van der Waals surface area contributed by atoms with Crippen LogP contribution in [-0.4, -0.2) is 87.0 Å². The number of hydrogen-bond acceptors (Lipinski definition) is 10. The van der Waals surface area contributed by atoms with Crippen LogP contribution in [-0.2, 0) is 25.5 Å². The maximum Gasteiger partial charge on any atom is 0.407 e. The molecule has 2 aromatic heterocycles. The lowest BCUT2D eigenvalue weighted by Crippen LogP contribution is -2.48. The molecule has 0 spiro atoms. The van der Waals surface area contributed by atoms with Crippen LogP contribution in [0.15, 0.2) is 66.9 Å². The quantitative estimate of drug-likeness (QED) is 0.153. The first-order chi connectivity index (χ1) is 25.9. The molecule has 6 rings (SSSR count). The van der Waals surface area contributed by atoms with E-state index in [0.29, 0.717) is 37.3 Å². The van der Waals surface area contributed by atoms with Crippen molar-refractivity contribution in [2.75, 3.05) is 29.9 Å². The molecule has 2 aliphatic rings. The molecule has 0 radical (unpaired) electrons. The number of H-pyrrole nitrogens is 1. The summed E-state index contributed by atoms with van der Waals surface area (Å²) in [6.45, 7) is 11.8. The maximum atomic E-state index is 13.8. The van der Waals surface area contributed by atoms with Crippen LogP contribution in [0.5, 0.6) is 0 Å². The number of pyridine rings is 1. The molecule has 54 heavy (non-hydrogen) atoms. The number of carbonyl (C=O) groups excluding carboxylic acids is 3. The largest absolute Gasteiger partial charge is 0.444 e. The van der Waals surface area contributed by atoms with Crippen LogP contribution in [0.25, 0.3) is 22.5 Å². The van der Waals surface area contributed by atoms with E-state index in [2.05, 4.69) is 61.4 Å². The summed E-state index contributed by atoms with van der Waals surface area (Å²) in [7, 11) is 0. The van der Waals surface area contributed by atoms with Gasteiger partial charge in [0, 0.05) is 55.0 Å². The number of aromatic nitrogens is 5. The molecular formula is C40H51N9O5. The smallest absolute Gasteiger partial charge is 0.407 e. The molecule has 286 valence electrons. The molecule has 4 N–H and O–H groups in total. The molecule has 1 aliphatic carbocycles. The van der Waals surface area contributed by atoms with Gasteiger partial charge in [0.1, 0.15) is 17.5 Å². The van der Waals surface area contributed by atoms with Crippen molar-refractivity contribution in [1.82, 2.24) is 36.2 Å². The molecule has 2 unspecified atom stereocenters. The van der Waals surface area contributed by atoms with Crippen molar-refractivity contribution in [1.29, 1.82) is 0 Å². The van der Waals surface area contributed by atoms with Gasteiger partial charge >= 0.3 is 6.09 Å². The molecular weight excluding hydrogens is 686 g/mol. The minimum atomic E-state index is -0.814. The SMILES string of the molecule is CC1CN(c2ccc(-c3ccc(C[C@H](NC(=O)[C@H]4CC[C@H](CNC(=O)OC(C)(C)C)CC4)C(=O)Nc4ccc(-c5nn[nH]n5)cc4)cc3)cn2)CC(C)O1. The highest BCUT2D eigenvalue weighted by Gasteiger charge is 2.30. The highest BCUT2D eigenvalue weighted by atomic mass is 16.6. The zero-order chi connectivity index (χ0) is 38.2. The Hall–Kier alpha value is -5.37. The van der Waals surface area contributed by atoms with Crippen molar-refractivity contribution in [3.63, 3.8) is 0 Å². The van der Waals surface area contributed by atoms with Crippen molar-refractivity contribution >= 4 is 29.4 Å². The van der Waals surface area contributed by atoms with Crippen LogP contribution < -0.4 is 20.9 Å². The third-order valence-electron chi connectivity index (χ3n) is 9.76. The van der Waals surface area contributed by atoms with E-state index in [-0.39, 0.29) is 35.9 Å². The fourth-order valence-corrected chi connectivity index (χ4v) is 7.06. The number of amides is 3. The first kappa shape index (κ1) is 38.4. The van der Waals surface area contributed by atoms with E-state index < -0.39 is 17.7 Å². The monoisotopic (exact) mass is 737 g/mol. The van der Waals surface area contributed by atoms with Crippen molar-refractivity contribution in [3.8, 4) is 22.5 Å². The summed E-state index contributed by atoms with van der Waals surface area (Å²) in [6, 6.07) is 18.5. The average molecular weight is 738 g/mol. The summed E-state index contributed by atoms with van der Waals surface area (Å²) in [5, 5.41) is 23.0. The fraction of sp³-hybridized carbons (Fsp3) is 0.475. The molecule has 0 bridgehead atoms. The summed E-state index contributed by atoms with van der Waals surface area (Å²) in [5.41, 5.74) is 3.67. The summed E-state index contributed by atoms with van der Waals surface area (Å²) in [5.74, 6) is 0.943. The standard InChI is InChI=1S/C40H51N9O5/c1-25-23-49(24-26(2)53-25)35-19-16-32(22-41-35)29-10-6-27(7-11-29)20-34(38(51)43-33-17-14-30(15-18-33)36-45-47-48-46-36)44-37(50)31-12-8-28(9-13-31)21-42-39(52)54-40(3,4)5/h6-7,10-11,14-19,22,25-26,28,31,34H,8-9,12-13,20-21,23-24H2,1-5H3,(H,42,52)(H,43,51)(H,44,50)(H,45,46,47,48)/t25?,26?,28-,31-,34-/m0/s1. The number of tetrazole rings is 1. The Morgan fingerprint density at radius 3 is 2.19 bits per heavy atom. The molecule has 2 fully saturated rings. The van der Waals surface area contributed by atoms with Crippen molar-refractivity contribution < 1.29 is 23.9 Å². The molecule has 3 atom stereocenters. The Labute approximate surface area is 316 Å². The number of hydrogen-bond donors (Lipinski definition) is 4. The van der Waals surface area contributed by atoms with Gasteiger partial charge in [0.05, 0.1) is 12.2 Å². The van der Waals surface area contributed by atoms with E-state index in [1.54, 1.807) is 24.3 Å². The summed E-state index contributed by atoms with van der Waals surface area (Å²) in [4.78, 5) is 46.6. The molecule has 3 amide bonds. The van der Waals surface area contributed by atoms with E-state index >= 15 is 0 Å². The first-order valence-electron chi connectivity index (χ1n) is 18.8. The van der Waals surface area contributed by atoms with Crippen LogP contribution in [0.3, 0.4) is 0 Å². The van der Waals surface area contributed by atoms with Crippen LogP contribution in [0.1, 0.15) is 65.9 Å². The van der Waals surface area contributed by atoms with Gasteiger partial charge in [0.2, 0.25) is 17.6 Å². The second-order valence-electron chi connectivity index (χ2n) is 15.4. The highest BCUT2D eigenvalue weighted by Crippen LogP contribution is 2.29. The minimum Gasteiger partial charge on any atom is -0.444 e. The minimum absolute atomic E-state index is 0.145. The van der Waals surface area contributed by atoms with Crippen LogP contribution in [0.2, 0.25) is 0 Å². The van der Waals surface area contributed by atoms with E-state index in [4.69, 9.17) is 14.5 Å². The second kappa shape index (κ2) is 17.2. The molecule has 2 aromatic carbocycles. The molecule has 14 heteroatoms. The van der Waals surface area contributed by atoms with Gasteiger partial charge in [0.15, 0.2) is 0 Å². The Morgan fingerprint density at radius 1 is 0.907 bits per heavy atom. The number of benzene rings is 2. The lowest BCUT2D eigenvalue weighted by atomic mass is 9.81. The number of morpholine rings is 1. The van der Waals surface area contributed by atoms with Gasteiger partial charge in [-0.25, -0.2) is 9.78 Å². The number of alkyl carbamates (subject to hydrolysis) is 1. The predicted octanol–water partition coefficient (Wildman–Crippen LogP) is 5.54. The van der Waals surface area contributed by atoms with Gasteiger partial charge in [-0.05, 0) is 119 Å². The third kappa shape index (κ3) is 10.6. The summed E-state index contributed by atoms with van der Waals surface area (Å²) >= 11 is 0. The van der Waals surface area contributed by atoms with Gasteiger partial charge in [-0.2, -0.15) is 5.21 Å². The third-order valence-corrected chi connectivity index (χ3v) is 9.76. The normalized spacial score (nSPS) is 20.8. The molecule has 1 saturated heterocycles. The zero-order valence-corrected chi connectivity index (χ0v) is 31.7. The number of carbonyl (C=O) groups is 3. The summed E-state index contributed by atoms with van der Waals surface area (Å²) < 4.78 is 11.2. The fourth-order valence-electron chi connectivity index (χ4n) is 7.06. The molecule has 14 nitrogen and oxygen atoms in total. The van der Waals surface area contributed by atoms with Gasteiger partial charge < -0.3 is 30.3 Å². The first-order valence-corrected chi connectivity index (χ1v) is 18.8. The number of nitrogens with zero attached hydrogens (tertiary/aromatic N) is 5. The number of rotatable bonds is 11. The Morgan fingerprint density at radius 2 is 1.57 bits per heavy atom. The summed E-state index contributed by atoms with van der Waals surface area (Å²) in [6.07, 6.45) is 4.98. The Kier molecular flexibility index (Phi) is 12.2. The lowest BCUT2D eigenvalue weighted by Gasteiger charge is -2.36. The van der Waals surface area contributed by atoms with E-state index in [1.807, 2.05) is 57.3 Å². The highest BCUT2D eigenvalue weighted by molar-refractivity contribution is 5.97. The van der Waals surface area contributed by atoms with Crippen molar-refractivity contribution in [2.45, 2.75) is 90.6 Å². The molecule has 1 aliphatic heterocycles. The number of anilines is 2. The number of ether oxygens (including phenoxy) is 2. The van der Waals surface area contributed by atoms with Gasteiger partial charge in [-0.1, -0.05) is 24.3 Å². The van der Waals surface area contributed by atoms with Gasteiger partial charge in [-0.15, -0.1) is 10.2 Å². The Bertz CT molecular complexity index is 1830.